The van der Waals surface area contributed by atoms with Gasteiger partial charge >= 0.3 is 0 Å². The molecule has 5 atom stereocenters. The van der Waals surface area contributed by atoms with E-state index in [0.29, 0.717) is 0 Å². The number of hydrogen-bond donors (Lipinski definition) is 0. The largest absolute Gasteiger partial charge is 0.0591 e. The first-order chi connectivity index (χ1) is 6.62. The molecule has 0 aromatic heterocycles. The molecular formula is C14H22. The first-order valence-electron chi connectivity index (χ1n) is 6.62. The van der Waals surface area contributed by atoms with Gasteiger partial charge in [-0.05, 0) is 73.0 Å². The average Bonchev–Trinajstić information content (AvgIpc) is 2.63. The Morgan fingerprint density at radius 3 is 2.07 bits per heavy atom. The lowest BCUT2D eigenvalue weighted by Crippen LogP contribution is -2.57. The fourth-order valence-corrected chi connectivity index (χ4v) is 7.03. The Morgan fingerprint density at radius 2 is 1.36 bits per heavy atom. The van der Waals surface area contributed by atoms with Crippen LogP contribution in [0, 0.1) is 28.1 Å². The monoisotopic (exact) mass is 190 g/mol. The van der Waals surface area contributed by atoms with Crippen LogP contribution in [0.4, 0.5) is 0 Å². The fraction of sp³-hybridized carbons (Fsp3) is 1.00. The van der Waals surface area contributed by atoms with Crippen LogP contribution >= 0.6 is 0 Å². The van der Waals surface area contributed by atoms with Crippen LogP contribution in [0.1, 0.15) is 58.8 Å². The second kappa shape index (κ2) is 1.95. The Hall–Kier alpha value is 0. The summed E-state index contributed by atoms with van der Waals surface area (Å²) in [5.41, 5.74) is 2.40. The van der Waals surface area contributed by atoms with E-state index in [1.165, 1.54) is 0 Å². The van der Waals surface area contributed by atoms with Gasteiger partial charge in [0, 0.05) is 0 Å². The summed E-state index contributed by atoms with van der Waals surface area (Å²) in [5, 5.41) is 0. The molecule has 0 bridgehead atoms. The molecule has 4 aliphatic rings. The summed E-state index contributed by atoms with van der Waals surface area (Å²) in [4.78, 5) is 0. The molecule has 0 heterocycles. The van der Waals surface area contributed by atoms with E-state index in [4.69, 9.17) is 0 Å². The van der Waals surface area contributed by atoms with Gasteiger partial charge in [0.1, 0.15) is 0 Å². The summed E-state index contributed by atoms with van der Waals surface area (Å²) < 4.78 is 0. The van der Waals surface area contributed by atoms with Crippen molar-refractivity contribution >= 4 is 0 Å². The minimum atomic E-state index is 0.770. The normalized spacial score (nSPS) is 69.0. The molecule has 0 radical (unpaired) electrons. The van der Waals surface area contributed by atoms with Gasteiger partial charge in [0.25, 0.3) is 0 Å². The van der Waals surface area contributed by atoms with Gasteiger partial charge in [-0.25, -0.2) is 0 Å². The molecule has 14 heavy (non-hydrogen) atoms. The lowest BCUT2D eigenvalue weighted by Gasteiger charge is -2.63. The molecule has 78 valence electrons. The predicted molar refractivity (Wildman–Crippen MR) is 57.9 cm³/mol. The SMILES string of the molecule is C[C@@]12CC[C@H]3CC[C@]4(C)C[C@@H](CC1)C324. The molecule has 0 N–H and O–H groups in total. The molecule has 0 aliphatic heterocycles. The van der Waals surface area contributed by atoms with Crippen molar-refractivity contribution in [1.82, 2.24) is 0 Å². The third kappa shape index (κ3) is 0.517. The molecule has 0 saturated heterocycles. The molecule has 0 amide bonds. The van der Waals surface area contributed by atoms with E-state index >= 15 is 0 Å². The molecular weight excluding hydrogens is 168 g/mol. The Kier molecular flexibility index (Phi) is 1.14. The average molecular weight is 190 g/mol. The van der Waals surface area contributed by atoms with Crippen LogP contribution in [-0.2, 0) is 0 Å². The molecule has 4 aliphatic carbocycles. The molecule has 4 rings (SSSR count). The summed E-state index contributed by atoms with van der Waals surface area (Å²) in [5.74, 6) is 2.28. The van der Waals surface area contributed by atoms with Gasteiger partial charge in [-0.2, -0.15) is 0 Å². The Morgan fingerprint density at radius 1 is 0.786 bits per heavy atom. The minimum absolute atomic E-state index is 0.770. The van der Waals surface area contributed by atoms with Crippen LogP contribution in [0.5, 0.6) is 0 Å². The van der Waals surface area contributed by atoms with E-state index in [-0.39, 0.29) is 0 Å². The van der Waals surface area contributed by atoms with E-state index in [9.17, 15) is 0 Å². The first kappa shape index (κ1) is 8.19. The molecule has 0 heteroatoms. The van der Waals surface area contributed by atoms with Crippen LogP contribution in [0.3, 0.4) is 0 Å². The summed E-state index contributed by atoms with van der Waals surface area (Å²) in [6.07, 6.45) is 11.0. The number of rotatable bonds is 0. The van der Waals surface area contributed by atoms with Crippen molar-refractivity contribution in [3.05, 3.63) is 0 Å². The van der Waals surface area contributed by atoms with Crippen molar-refractivity contribution in [3.8, 4) is 0 Å². The molecule has 0 nitrogen and oxygen atoms in total. The first-order valence-corrected chi connectivity index (χ1v) is 6.62. The van der Waals surface area contributed by atoms with E-state index in [2.05, 4.69) is 13.8 Å². The highest BCUT2D eigenvalue weighted by atomic mass is 14.8. The maximum Gasteiger partial charge on any atom is -0.0133 e. The topological polar surface area (TPSA) is 0 Å². The van der Waals surface area contributed by atoms with Crippen molar-refractivity contribution in [1.29, 1.82) is 0 Å². The third-order valence-electron chi connectivity index (χ3n) is 7.12. The third-order valence-corrected chi connectivity index (χ3v) is 7.12. The van der Waals surface area contributed by atoms with E-state index in [1.54, 1.807) is 44.9 Å². The quantitative estimate of drug-likeness (QED) is 0.541. The van der Waals surface area contributed by atoms with Gasteiger partial charge in [-0.3, -0.25) is 0 Å². The molecule has 0 aromatic carbocycles. The maximum absolute atomic E-state index is 2.63. The molecule has 4 saturated carbocycles. The summed E-state index contributed by atoms with van der Waals surface area (Å²) >= 11 is 0. The summed E-state index contributed by atoms with van der Waals surface area (Å²) in [7, 11) is 0. The smallest absolute Gasteiger partial charge is 0.0133 e. The van der Waals surface area contributed by atoms with E-state index in [0.717, 1.165) is 28.1 Å². The maximum atomic E-state index is 2.63. The Bertz CT molecular complexity index is 301. The minimum Gasteiger partial charge on any atom is -0.0591 e. The van der Waals surface area contributed by atoms with Crippen molar-refractivity contribution < 1.29 is 0 Å². The standard InChI is InChI=1S/C14H22/c1-12-6-3-10-4-8-13(2)9-11(5-7-12)14(10,12)13/h10-11H,3-9H2,1-2H3/t10-,11+,12+,13+,14?/m0/s1. The second-order valence-electron chi connectivity index (χ2n) is 7.20. The molecule has 0 aromatic rings. The Balaban J connectivity index is 1.94. The lowest BCUT2D eigenvalue weighted by molar-refractivity contribution is -0.153. The van der Waals surface area contributed by atoms with Crippen LogP contribution < -0.4 is 0 Å². The van der Waals surface area contributed by atoms with E-state index < -0.39 is 0 Å². The van der Waals surface area contributed by atoms with E-state index in [1.807, 2.05) is 0 Å². The summed E-state index contributed by atoms with van der Waals surface area (Å²) in [6.45, 7) is 5.26. The predicted octanol–water partition coefficient (Wildman–Crippen LogP) is 4.00. The molecule has 1 spiro atoms. The summed E-state index contributed by atoms with van der Waals surface area (Å²) in [6, 6.07) is 0. The zero-order valence-corrected chi connectivity index (χ0v) is 9.60. The van der Waals surface area contributed by atoms with Crippen LogP contribution in [-0.4, -0.2) is 0 Å². The van der Waals surface area contributed by atoms with Gasteiger partial charge in [0.15, 0.2) is 0 Å². The van der Waals surface area contributed by atoms with Crippen molar-refractivity contribution in [3.63, 3.8) is 0 Å². The molecule has 1 unspecified atom stereocenters. The van der Waals surface area contributed by atoms with Crippen LogP contribution in [0.25, 0.3) is 0 Å². The zero-order valence-electron chi connectivity index (χ0n) is 9.60. The van der Waals surface area contributed by atoms with Crippen LogP contribution in [0.15, 0.2) is 0 Å². The zero-order chi connectivity index (χ0) is 9.60. The van der Waals surface area contributed by atoms with Gasteiger partial charge in [-0.1, -0.05) is 13.8 Å². The van der Waals surface area contributed by atoms with Crippen molar-refractivity contribution in [2.24, 2.45) is 28.1 Å². The highest BCUT2D eigenvalue weighted by Crippen LogP contribution is 2.86. The molecule has 4 fully saturated rings. The highest BCUT2D eigenvalue weighted by Gasteiger charge is 2.78. The van der Waals surface area contributed by atoms with Crippen LogP contribution in [0.2, 0.25) is 0 Å². The number of hydrogen-bond acceptors (Lipinski definition) is 0. The van der Waals surface area contributed by atoms with Gasteiger partial charge in [0.2, 0.25) is 0 Å². The highest BCUT2D eigenvalue weighted by molar-refractivity contribution is 5.27. The fourth-order valence-electron chi connectivity index (χ4n) is 7.03. The Labute approximate surface area is 87.5 Å². The van der Waals surface area contributed by atoms with Gasteiger partial charge < -0.3 is 0 Å². The van der Waals surface area contributed by atoms with Gasteiger partial charge in [-0.15, -0.1) is 0 Å². The lowest BCUT2D eigenvalue weighted by atomic mass is 9.41. The van der Waals surface area contributed by atoms with Crippen molar-refractivity contribution in [2.75, 3.05) is 0 Å². The van der Waals surface area contributed by atoms with Crippen molar-refractivity contribution in [2.45, 2.75) is 58.8 Å². The second-order valence-corrected chi connectivity index (χ2v) is 7.20. The van der Waals surface area contributed by atoms with Gasteiger partial charge in [0.05, 0.1) is 0 Å².